The van der Waals surface area contributed by atoms with Gasteiger partial charge in [0.15, 0.2) is 0 Å². The number of hydrogen-bond donors (Lipinski definition) is 1. The first-order chi connectivity index (χ1) is 12.3. The van der Waals surface area contributed by atoms with Crippen LogP contribution >= 0.6 is 0 Å². The summed E-state index contributed by atoms with van der Waals surface area (Å²) in [5, 5.41) is 3.39. The summed E-state index contributed by atoms with van der Waals surface area (Å²) in [6, 6.07) is 10.6. The van der Waals surface area contributed by atoms with Crippen LogP contribution in [0.4, 0.5) is 17.5 Å². The van der Waals surface area contributed by atoms with Gasteiger partial charge in [0.2, 0.25) is 5.95 Å². The first kappa shape index (κ1) is 16.3. The molecule has 6 heteroatoms. The van der Waals surface area contributed by atoms with Crippen molar-refractivity contribution in [2.24, 2.45) is 0 Å². The second-order valence-electron chi connectivity index (χ2n) is 6.60. The van der Waals surface area contributed by atoms with Crippen LogP contribution in [0.5, 0.6) is 0 Å². The van der Waals surface area contributed by atoms with Gasteiger partial charge in [0.05, 0.1) is 13.2 Å². The zero-order valence-corrected chi connectivity index (χ0v) is 14.7. The molecule has 0 radical (unpaired) electrons. The number of anilines is 3. The van der Waals surface area contributed by atoms with E-state index in [9.17, 15) is 0 Å². The molecule has 1 saturated heterocycles. The third-order valence-corrected chi connectivity index (χ3v) is 4.82. The van der Waals surface area contributed by atoms with Gasteiger partial charge in [-0.2, -0.15) is 4.98 Å². The fraction of sp³-hybridized carbons (Fsp3) is 0.474. The van der Waals surface area contributed by atoms with E-state index in [1.54, 1.807) is 0 Å². The number of aryl methyl sites for hydroxylation is 1. The lowest BCUT2D eigenvalue weighted by molar-refractivity contribution is 0.0398. The Morgan fingerprint density at radius 1 is 1.12 bits per heavy atom. The molecule has 0 atom stereocenters. The van der Waals surface area contributed by atoms with Crippen LogP contribution < -0.4 is 10.2 Å². The van der Waals surface area contributed by atoms with E-state index in [0.717, 1.165) is 63.9 Å². The van der Waals surface area contributed by atoms with Crippen molar-refractivity contribution in [1.82, 2.24) is 14.9 Å². The quantitative estimate of drug-likeness (QED) is 0.901. The highest BCUT2D eigenvalue weighted by Crippen LogP contribution is 2.33. The van der Waals surface area contributed by atoms with Gasteiger partial charge < -0.3 is 15.0 Å². The second kappa shape index (κ2) is 7.37. The molecule has 2 aliphatic rings. The molecular formula is C19H25N5O. The number of hydrogen-bond acceptors (Lipinski definition) is 6. The predicted octanol–water partition coefficient (Wildman–Crippen LogP) is 2.22. The van der Waals surface area contributed by atoms with Crippen molar-refractivity contribution in [2.45, 2.75) is 13.3 Å². The smallest absolute Gasteiger partial charge is 0.224 e. The molecule has 1 fully saturated rings. The summed E-state index contributed by atoms with van der Waals surface area (Å²) < 4.78 is 5.39. The highest BCUT2D eigenvalue weighted by atomic mass is 16.5. The highest BCUT2D eigenvalue weighted by Gasteiger charge is 2.21. The molecule has 25 heavy (non-hydrogen) atoms. The predicted molar refractivity (Wildman–Crippen MR) is 99.7 cm³/mol. The van der Waals surface area contributed by atoms with E-state index in [1.807, 2.05) is 6.92 Å². The summed E-state index contributed by atoms with van der Waals surface area (Å²) in [6.07, 6.45) is 1.07. The molecular weight excluding hydrogens is 314 g/mol. The Kier molecular flexibility index (Phi) is 4.81. The number of nitrogens with zero attached hydrogens (tertiary/aromatic N) is 4. The van der Waals surface area contributed by atoms with Gasteiger partial charge in [-0.1, -0.05) is 18.2 Å². The maximum Gasteiger partial charge on any atom is 0.224 e. The van der Waals surface area contributed by atoms with Crippen molar-refractivity contribution >= 4 is 17.5 Å². The molecule has 1 N–H and O–H groups in total. The number of benzene rings is 1. The van der Waals surface area contributed by atoms with E-state index in [2.05, 4.69) is 50.4 Å². The highest BCUT2D eigenvalue weighted by molar-refractivity contribution is 5.68. The van der Waals surface area contributed by atoms with Gasteiger partial charge in [0.25, 0.3) is 0 Å². The Bertz CT molecular complexity index is 730. The summed E-state index contributed by atoms with van der Waals surface area (Å²) in [6.45, 7) is 8.52. The molecule has 3 heterocycles. The molecule has 0 spiro atoms. The normalized spacial score (nSPS) is 17.6. The van der Waals surface area contributed by atoms with Crippen molar-refractivity contribution in [2.75, 3.05) is 56.2 Å². The lowest BCUT2D eigenvalue weighted by Gasteiger charge is -2.26. The fourth-order valence-corrected chi connectivity index (χ4v) is 3.50. The number of morpholine rings is 1. The van der Waals surface area contributed by atoms with E-state index >= 15 is 0 Å². The third kappa shape index (κ3) is 3.75. The second-order valence-corrected chi connectivity index (χ2v) is 6.60. The fourth-order valence-electron chi connectivity index (χ4n) is 3.50. The van der Waals surface area contributed by atoms with Crippen molar-refractivity contribution < 1.29 is 4.74 Å². The number of rotatable bonds is 5. The largest absolute Gasteiger partial charge is 0.379 e. The molecule has 1 aromatic carbocycles. The van der Waals surface area contributed by atoms with Crippen LogP contribution in [0, 0.1) is 6.92 Å². The molecule has 0 amide bonds. The summed E-state index contributed by atoms with van der Waals surface area (Å²) in [5.74, 6) is 1.69. The van der Waals surface area contributed by atoms with Crippen molar-refractivity contribution in [3.05, 3.63) is 41.6 Å². The minimum atomic E-state index is 0.715. The Balaban J connectivity index is 1.44. The van der Waals surface area contributed by atoms with Crippen LogP contribution in [-0.2, 0) is 11.2 Å². The summed E-state index contributed by atoms with van der Waals surface area (Å²) in [5.41, 5.74) is 3.64. The van der Waals surface area contributed by atoms with Crippen molar-refractivity contribution in [1.29, 1.82) is 0 Å². The minimum absolute atomic E-state index is 0.715. The average molecular weight is 339 g/mol. The van der Waals surface area contributed by atoms with Gasteiger partial charge in [-0.25, -0.2) is 4.98 Å². The molecule has 2 aliphatic heterocycles. The van der Waals surface area contributed by atoms with E-state index in [1.165, 1.54) is 11.3 Å². The number of fused-ring (bicyclic) bond motifs is 1. The van der Waals surface area contributed by atoms with Gasteiger partial charge in [-0.15, -0.1) is 0 Å². The first-order valence-electron chi connectivity index (χ1n) is 9.05. The molecule has 0 bridgehead atoms. The topological polar surface area (TPSA) is 53.5 Å². The summed E-state index contributed by atoms with van der Waals surface area (Å²) >= 11 is 0. The summed E-state index contributed by atoms with van der Waals surface area (Å²) in [7, 11) is 0. The molecule has 1 aromatic heterocycles. The molecule has 6 nitrogen and oxygen atoms in total. The van der Waals surface area contributed by atoms with Crippen LogP contribution in [0.25, 0.3) is 0 Å². The van der Waals surface area contributed by atoms with E-state index in [4.69, 9.17) is 9.72 Å². The molecule has 132 valence electrons. The van der Waals surface area contributed by atoms with E-state index in [-0.39, 0.29) is 0 Å². The molecule has 0 unspecified atom stereocenters. The van der Waals surface area contributed by atoms with E-state index < -0.39 is 0 Å². The Morgan fingerprint density at radius 2 is 1.96 bits per heavy atom. The number of aromatic nitrogens is 2. The Hall–Kier alpha value is -2.18. The lowest BCUT2D eigenvalue weighted by Crippen LogP contribution is -2.39. The summed E-state index contributed by atoms with van der Waals surface area (Å²) in [4.78, 5) is 14.0. The van der Waals surface area contributed by atoms with Crippen LogP contribution in [0.3, 0.4) is 0 Å². The maximum absolute atomic E-state index is 5.39. The Morgan fingerprint density at radius 3 is 2.84 bits per heavy atom. The van der Waals surface area contributed by atoms with Crippen LogP contribution in [-0.4, -0.2) is 60.8 Å². The van der Waals surface area contributed by atoms with Gasteiger partial charge in [-0.05, 0) is 25.0 Å². The number of nitrogens with one attached hydrogen (secondary N) is 1. The van der Waals surface area contributed by atoms with Gasteiger partial charge in [0.1, 0.15) is 5.82 Å². The molecule has 2 aromatic rings. The average Bonchev–Trinajstić information content (AvgIpc) is 3.06. The Labute approximate surface area is 148 Å². The monoisotopic (exact) mass is 339 g/mol. The molecule has 0 aliphatic carbocycles. The zero-order valence-electron chi connectivity index (χ0n) is 14.7. The SMILES string of the molecule is Cc1cc(N2CCc3ccccc32)nc(NCCN2CCOCC2)n1. The standard InChI is InChI=1S/C19H25N5O/c1-15-14-18(24-8-6-16-4-2-3-5-17(16)24)22-19(21-15)20-7-9-23-10-12-25-13-11-23/h2-5,14H,6-13H2,1H3,(H,20,21,22). The van der Waals surface area contributed by atoms with E-state index in [0.29, 0.717) is 5.95 Å². The van der Waals surface area contributed by atoms with Crippen LogP contribution in [0.1, 0.15) is 11.3 Å². The molecule has 0 saturated carbocycles. The third-order valence-electron chi connectivity index (χ3n) is 4.82. The zero-order chi connectivity index (χ0) is 17.1. The van der Waals surface area contributed by atoms with Crippen LogP contribution in [0.2, 0.25) is 0 Å². The maximum atomic E-state index is 5.39. The molecule has 4 rings (SSSR count). The van der Waals surface area contributed by atoms with Gasteiger partial charge in [-0.3, -0.25) is 4.90 Å². The van der Waals surface area contributed by atoms with Gasteiger partial charge in [0, 0.05) is 50.2 Å². The number of para-hydroxylation sites is 1. The van der Waals surface area contributed by atoms with Crippen molar-refractivity contribution in [3.8, 4) is 0 Å². The van der Waals surface area contributed by atoms with Crippen LogP contribution in [0.15, 0.2) is 30.3 Å². The minimum Gasteiger partial charge on any atom is -0.379 e. The lowest BCUT2D eigenvalue weighted by atomic mass is 10.2. The van der Waals surface area contributed by atoms with Crippen molar-refractivity contribution in [3.63, 3.8) is 0 Å². The van der Waals surface area contributed by atoms with Gasteiger partial charge >= 0.3 is 0 Å². The number of ether oxygens (including phenoxy) is 1. The first-order valence-corrected chi connectivity index (χ1v) is 9.05.